The van der Waals surface area contributed by atoms with E-state index in [0.717, 1.165) is 43.5 Å². The molecule has 0 radical (unpaired) electrons. The lowest BCUT2D eigenvalue weighted by molar-refractivity contribution is -0.157. The van der Waals surface area contributed by atoms with Crippen molar-refractivity contribution < 1.29 is 14.7 Å². The zero-order valence-corrected chi connectivity index (χ0v) is 12.3. The molecule has 3 rings (SSSR count). The topological polar surface area (TPSA) is 86.3 Å². The number of carboxylic acid groups (broad SMARTS) is 1. The maximum atomic E-state index is 12.9. The van der Waals surface area contributed by atoms with Crippen LogP contribution in [0.2, 0.25) is 0 Å². The third-order valence-corrected chi connectivity index (χ3v) is 4.92. The van der Waals surface area contributed by atoms with Crippen molar-refractivity contribution >= 4 is 11.9 Å². The molecule has 114 valence electrons. The molecule has 0 bridgehead atoms. The monoisotopic (exact) mass is 291 g/mol. The Morgan fingerprint density at radius 1 is 1.38 bits per heavy atom. The number of carbonyl (C=O) groups is 2. The van der Waals surface area contributed by atoms with Crippen LogP contribution in [-0.4, -0.2) is 37.9 Å². The first kappa shape index (κ1) is 14.1. The molecular formula is C15H21N3O3. The molecule has 1 aromatic rings. The van der Waals surface area contributed by atoms with Crippen LogP contribution < -0.4 is 0 Å². The summed E-state index contributed by atoms with van der Waals surface area (Å²) in [4.78, 5) is 33.2. The number of hydrogen-bond donors (Lipinski definition) is 2. The maximum Gasteiger partial charge on any atom is 0.326 e. The molecular weight excluding hydrogens is 270 g/mol. The van der Waals surface area contributed by atoms with Crippen LogP contribution in [0.5, 0.6) is 0 Å². The van der Waals surface area contributed by atoms with Crippen molar-refractivity contribution in [3.05, 3.63) is 17.7 Å². The van der Waals surface area contributed by atoms with E-state index in [1.807, 2.05) is 6.92 Å². The lowest BCUT2D eigenvalue weighted by Crippen LogP contribution is -2.53. The predicted molar refractivity (Wildman–Crippen MR) is 75.5 cm³/mol. The summed E-state index contributed by atoms with van der Waals surface area (Å²) >= 11 is 0. The second-order valence-corrected chi connectivity index (χ2v) is 6.44. The number of carbonyl (C=O) groups excluding carboxylic acids is 1. The molecule has 21 heavy (non-hydrogen) atoms. The Labute approximate surface area is 123 Å². The van der Waals surface area contributed by atoms with Crippen molar-refractivity contribution in [2.75, 3.05) is 0 Å². The lowest BCUT2D eigenvalue weighted by Gasteiger charge is -2.40. The number of nitrogens with zero attached hydrogens (tertiary/aromatic N) is 2. The number of aliphatic carboxylic acids is 1. The van der Waals surface area contributed by atoms with Gasteiger partial charge in [0.2, 0.25) is 5.91 Å². The van der Waals surface area contributed by atoms with Crippen LogP contribution in [0, 0.1) is 5.41 Å². The van der Waals surface area contributed by atoms with Crippen LogP contribution in [0.4, 0.5) is 0 Å². The molecule has 1 amide bonds. The minimum absolute atomic E-state index is 0.0187. The zero-order chi connectivity index (χ0) is 15.0. The van der Waals surface area contributed by atoms with E-state index in [1.165, 1.54) is 4.90 Å². The largest absolute Gasteiger partial charge is 0.480 e. The summed E-state index contributed by atoms with van der Waals surface area (Å²) in [5.41, 5.74) is 1.21. The fourth-order valence-electron chi connectivity index (χ4n) is 3.56. The number of imidazole rings is 1. The third-order valence-electron chi connectivity index (χ3n) is 4.92. The molecule has 2 aliphatic rings. The van der Waals surface area contributed by atoms with Gasteiger partial charge < -0.3 is 15.0 Å². The summed E-state index contributed by atoms with van der Waals surface area (Å²) in [5, 5.41) is 9.47. The maximum absolute atomic E-state index is 12.9. The smallest absolute Gasteiger partial charge is 0.326 e. The fraction of sp³-hybridized carbons (Fsp3) is 0.667. The van der Waals surface area contributed by atoms with E-state index >= 15 is 0 Å². The number of aromatic amines is 1. The Kier molecular flexibility index (Phi) is 3.47. The van der Waals surface area contributed by atoms with Crippen LogP contribution in [0.1, 0.15) is 50.4 Å². The summed E-state index contributed by atoms with van der Waals surface area (Å²) in [6.45, 7) is 2.30. The molecule has 1 fully saturated rings. The number of amides is 1. The Bertz CT molecular complexity index is 560. The summed E-state index contributed by atoms with van der Waals surface area (Å²) in [6, 6.07) is -0.799. The van der Waals surface area contributed by atoms with E-state index in [2.05, 4.69) is 9.97 Å². The Morgan fingerprint density at radius 2 is 2.10 bits per heavy atom. The van der Waals surface area contributed by atoms with Gasteiger partial charge in [0.1, 0.15) is 6.04 Å². The molecule has 0 spiro atoms. The molecule has 1 unspecified atom stereocenters. The van der Waals surface area contributed by atoms with Crippen molar-refractivity contribution in [2.45, 2.75) is 58.0 Å². The van der Waals surface area contributed by atoms with Crippen molar-refractivity contribution in [3.63, 3.8) is 0 Å². The van der Waals surface area contributed by atoms with Gasteiger partial charge >= 0.3 is 5.97 Å². The third kappa shape index (κ3) is 2.43. The van der Waals surface area contributed by atoms with Crippen LogP contribution in [0.3, 0.4) is 0 Å². The molecule has 1 aliphatic heterocycles. The predicted octanol–water partition coefficient (Wildman–Crippen LogP) is 1.72. The molecule has 1 atom stereocenters. The first-order valence-electron chi connectivity index (χ1n) is 7.56. The molecule has 1 aliphatic carbocycles. The van der Waals surface area contributed by atoms with Crippen molar-refractivity contribution in [1.29, 1.82) is 0 Å². The van der Waals surface area contributed by atoms with E-state index in [9.17, 15) is 14.7 Å². The first-order valence-corrected chi connectivity index (χ1v) is 7.56. The van der Waals surface area contributed by atoms with Gasteiger partial charge in [0, 0.05) is 11.8 Å². The van der Waals surface area contributed by atoms with Crippen molar-refractivity contribution in [1.82, 2.24) is 14.9 Å². The van der Waals surface area contributed by atoms with Crippen LogP contribution in [0.15, 0.2) is 6.33 Å². The molecule has 0 saturated heterocycles. The lowest BCUT2D eigenvalue weighted by atomic mass is 9.74. The average Bonchev–Trinajstić information content (AvgIpc) is 2.93. The quantitative estimate of drug-likeness (QED) is 0.868. The summed E-state index contributed by atoms with van der Waals surface area (Å²) in [5.74, 6) is -0.966. The summed E-state index contributed by atoms with van der Waals surface area (Å²) in [6.07, 6.45) is 6.81. The Hall–Kier alpha value is -1.85. The minimum atomic E-state index is -0.948. The van der Waals surface area contributed by atoms with E-state index in [-0.39, 0.29) is 12.3 Å². The highest BCUT2D eigenvalue weighted by molar-refractivity contribution is 5.88. The standard InChI is InChI=1S/C15H21N3O3/c1-15(5-3-2-4-6-15)14(21)18-8-11-10(16-9-17-11)7-12(18)13(19)20/h9,12H,2-8H2,1H3,(H,16,17)(H,19,20). The average molecular weight is 291 g/mol. The number of hydrogen-bond acceptors (Lipinski definition) is 3. The molecule has 6 heteroatoms. The second-order valence-electron chi connectivity index (χ2n) is 6.44. The molecule has 0 aromatic carbocycles. The van der Waals surface area contributed by atoms with Gasteiger partial charge in [0.25, 0.3) is 0 Å². The van der Waals surface area contributed by atoms with Crippen molar-refractivity contribution in [3.8, 4) is 0 Å². The van der Waals surface area contributed by atoms with Crippen LogP contribution >= 0.6 is 0 Å². The fourth-order valence-corrected chi connectivity index (χ4v) is 3.56. The van der Waals surface area contributed by atoms with E-state index < -0.39 is 17.4 Å². The van der Waals surface area contributed by atoms with Gasteiger partial charge in [-0.15, -0.1) is 0 Å². The van der Waals surface area contributed by atoms with Gasteiger partial charge in [-0.1, -0.05) is 26.2 Å². The SMILES string of the molecule is CC1(C(=O)N2Cc3[nH]cnc3CC2C(=O)O)CCCCC1. The number of H-pyrrole nitrogens is 1. The number of rotatable bonds is 2. The molecule has 1 saturated carbocycles. The highest BCUT2D eigenvalue weighted by Crippen LogP contribution is 2.39. The zero-order valence-electron chi connectivity index (χ0n) is 12.3. The Morgan fingerprint density at radius 3 is 2.76 bits per heavy atom. The number of carboxylic acids is 1. The van der Waals surface area contributed by atoms with Gasteiger partial charge in [0.15, 0.2) is 0 Å². The van der Waals surface area contributed by atoms with Crippen LogP contribution in [-0.2, 0) is 22.6 Å². The normalized spacial score (nSPS) is 24.4. The summed E-state index contributed by atoms with van der Waals surface area (Å²) < 4.78 is 0. The Balaban J connectivity index is 1.88. The first-order chi connectivity index (χ1) is 10.0. The summed E-state index contributed by atoms with van der Waals surface area (Å²) in [7, 11) is 0. The van der Waals surface area contributed by atoms with E-state index in [1.54, 1.807) is 6.33 Å². The van der Waals surface area contributed by atoms with Crippen LogP contribution in [0.25, 0.3) is 0 Å². The van der Waals surface area contributed by atoms with Gasteiger partial charge in [-0.2, -0.15) is 0 Å². The van der Waals surface area contributed by atoms with E-state index in [0.29, 0.717) is 6.54 Å². The molecule has 1 aromatic heterocycles. The number of fused-ring (bicyclic) bond motifs is 1. The van der Waals surface area contributed by atoms with Gasteiger partial charge in [-0.05, 0) is 12.8 Å². The highest BCUT2D eigenvalue weighted by Gasteiger charge is 2.44. The second kappa shape index (κ2) is 5.16. The molecule has 2 heterocycles. The van der Waals surface area contributed by atoms with E-state index in [4.69, 9.17) is 0 Å². The minimum Gasteiger partial charge on any atom is -0.480 e. The van der Waals surface area contributed by atoms with Gasteiger partial charge in [-0.25, -0.2) is 9.78 Å². The number of aromatic nitrogens is 2. The van der Waals surface area contributed by atoms with Gasteiger partial charge in [0.05, 0.1) is 24.3 Å². The van der Waals surface area contributed by atoms with Crippen molar-refractivity contribution in [2.24, 2.45) is 5.41 Å². The van der Waals surface area contributed by atoms with Gasteiger partial charge in [-0.3, -0.25) is 4.79 Å². The molecule has 6 nitrogen and oxygen atoms in total. The number of nitrogens with one attached hydrogen (secondary N) is 1. The highest BCUT2D eigenvalue weighted by atomic mass is 16.4. The molecule has 2 N–H and O–H groups in total.